The van der Waals surface area contributed by atoms with Gasteiger partial charge in [-0.05, 0) is 62.2 Å². The van der Waals surface area contributed by atoms with E-state index in [4.69, 9.17) is 47.4 Å². The minimum atomic E-state index is -1.93. The molecule has 0 saturated carbocycles. The van der Waals surface area contributed by atoms with Crippen molar-refractivity contribution in [3.05, 3.63) is 47.1 Å². The van der Waals surface area contributed by atoms with Gasteiger partial charge >= 0.3 is 5.97 Å². The van der Waals surface area contributed by atoms with E-state index in [1.165, 1.54) is 6.08 Å². The number of hydrogen-bond donors (Lipinski definition) is 4. The molecule has 0 aromatic carbocycles. The number of hydrogen-bond acceptors (Lipinski definition) is 15. The maximum atomic E-state index is 14.4. The molecule has 0 aromatic heterocycles. The molecule has 0 unspecified atom stereocenters. The van der Waals surface area contributed by atoms with E-state index in [-0.39, 0.29) is 30.3 Å². The fourth-order valence-electron chi connectivity index (χ4n) is 11.0. The summed E-state index contributed by atoms with van der Waals surface area (Å²) in [5, 5.41) is 44.5. The van der Waals surface area contributed by atoms with E-state index < -0.39 is 104 Å². The zero-order valence-electron chi connectivity index (χ0n) is 38.6. The third-order valence-corrected chi connectivity index (χ3v) is 15.0. The van der Waals surface area contributed by atoms with Gasteiger partial charge in [0, 0.05) is 52.2 Å². The molecule has 6 heterocycles. The third-order valence-electron chi connectivity index (χ3n) is 15.0. The summed E-state index contributed by atoms with van der Waals surface area (Å²) in [7, 11) is 3.21. The van der Waals surface area contributed by atoms with Crippen LogP contribution in [0.1, 0.15) is 99.8 Å². The highest BCUT2D eigenvalue weighted by Crippen LogP contribution is 2.48. The van der Waals surface area contributed by atoms with Crippen LogP contribution in [0.3, 0.4) is 0 Å². The van der Waals surface area contributed by atoms with Crippen LogP contribution in [0.15, 0.2) is 47.1 Å². The van der Waals surface area contributed by atoms with Crippen molar-refractivity contribution in [2.75, 3.05) is 27.4 Å². The number of carbonyl (C=O) groups is 1. The van der Waals surface area contributed by atoms with Crippen molar-refractivity contribution >= 4 is 5.97 Å². The van der Waals surface area contributed by atoms with Crippen LogP contribution in [-0.2, 0) is 52.2 Å². The number of carbonyl (C=O) groups excluding carboxylic acids is 1. The zero-order chi connectivity index (χ0) is 45.4. The molecule has 15 heteroatoms. The zero-order valence-corrected chi connectivity index (χ0v) is 38.6. The fraction of sp³-hybridized carbons (Fsp3) is 0.812. The van der Waals surface area contributed by atoms with Crippen molar-refractivity contribution in [2.45, 2.75) is 197 Å². The van der Waals surface area contributed by atoms with Crippen LogP contribution in [0.4, 0.5) is 0 Å². The van der Waals surface area contributed by atoms with Gasteiger partial charge in [0.25, 0.3) is 0 Å². The van der Waals surface area contributed by atoms with E-state index in [1.54, 1.807) is 27.2 Å². The molecule has 2 bridgehead atoms. The molecule has 7 aliphatic rings. The summed E-state index contributed by atoms with van der Waals surface area (Å²) in [6.45, 7) is 13.8. The van der Waals surface area contributed by atoms with Crippen LogP contribution in [0.2, 0.25) is 0 Å². The molecule has 356 valence electrons. The minimum absolute atomic E-state index is 0.0354. The molecule has 5 saturated heterocycles. The SMILES string of the molecule is CC[C@H](C)[C@H]1O[C@]2(CC[C@@H]1C)C[C@@H]1C[C@@H](C/C=C(/C)[C@@H](O[C@H]3C[C@H](OC)[C@@H](O[C@H]4C[C@H](OC)[C@@H](O)[C@H](C)O4)[C@H](C)O3)[C@@H](C)/C=C\C=C3CO[C@@H]4[C@H](O)C(CO)=C[C@@H](C(=O)O1)[C@]34O)O2. The van der Waals surface area contributed by atoms with Gasteiger partial charge in [-0.1, -0.05) is 64.5 Å². The highest BCUT2D eigenvalue weighted by atomic mass is 16.7. The van der Waals surface area contributed by atoms with Crippen LogP contribution < -0.4 is 0 Å². The molecule has 1 spiro atoms. The van der Waals surface area contributed by atoms with Crippen molar-refractivity contribution in [1.82, 2.24) is 0 Å². The second-order valence-electron chi connectivity index (χ2n) is 19.3. The Hall–Kier alpha value is -2.09. The normalized spacial score (nSPS) is 48.0. The highest BCUT2D eigenvalue weighted by Gasteiger charge is 2.60. The number of methoxy groups -OCH3 is 2. The molecule has 20 atom stereocenters. The first-order valence-electron chi connectivity index (χ1n) is 23.3. The van der Waals surface area contributed by atoms with Gasteiger partial charge in [-0.3, -0.25) is 4.79 Å². The third kappa shape index (κ3) is 10.1. The number of ether oxygens (including phenoxy) is 10. The van der Waals surface area contributed by atoms with Crippen LogP contribution >= 0.6 is 0 Å². The molecule has 15 nitrogen and oxygen atoms in total. The van der Waals surface area contributed by atoms with E-state index in [0.717, 1.165) is 18.4 Å². The molecule has 0 radical (unpaired) electrons. The largest absolute Gasteiger partial charge is 0.462 e. The Balaban J connectivity index is 1.19. The molecule has 1 aliphatic carbocycles. The molecule has 0 aromatic rings. The van der Waals surface area contributed by atoms with Gasteiger partial charge in [0.15, 0.2) is 18.4 Å². The number of rotatable bonds is 9. The predicted octanol–water partition coefficient (Wildman–Crippen LogP) is 4.57. The average Bonchev–Trinajstić information content (AvgIpc) is 3.60. The summed E-state index contributed by atoms with van der Waals surface area (Å²) < 4.78 is 63.8. The summed E-state index contributed by atoms with van der Waals surface area (Å²) >= 11 is 0. The predicted molar refractivity (Wildman–Crippen MR) is 229 cm³/mol. The van der Waals surface area contributed by atoms with E-state index >= 15 is 0 Å². The smallest absolute Gasteiger partial charge is 0.316 e. The molecular weight excluding hydrogens is 817 g/mol. The van der Waals surface area contributed by atoms with Gasteiger partial charge in [-0.25, -0.2) is 0 Å². The van der Waals surface area contributed by atoms with Crippen molar-refractivity contribution in [2.24, 2.45) is 23.7 Å². The Kier molecular flexibility index (Phi) is 15.8. The first kappa shape index (κ1) is 48.8. The van der Waals surface area contributed by atoms with Gasteiger partial charge in [0.2, 0.25) is 0 Å². The molecular formula is C48H74O15. The van der Waals surface area contributed by atoms with Crippen LogP contribution in [0, 0.1) is 23.7 Å². The van der Waals surface area contributed by atoms with Crippen LogP contribution in [0.25, 0.3) is 0 Å². The van der Waals surface area contributed by atoms with Crippen LogP contribution in [-0.4, -0.2) is 151 Å². The van der Waals surface area contributed by atoms with Gasteiger partial charge < -0.3 is 67.8 Å². The summed E-state index contributed by atoms with van der Waals surface area (Å²) in [5.41, 5.74) is -0.377. The number of fused-ring (bicyclic) bond motifs is 2. The van der Waals surface area contributed by atoms with Gasteiger partial charge in [-0.15, -0.1) is 0 Å². The number of allylic oxidation sites excluding steroid dienone is 2. The quantitative estimate of drug-likeness (QED) is 0.186. The first-order chi connectivity index (χ1) is 30.0. The topological polar surface area (TPSA) is 190 Å². The lowest BCUT2D eigenvalue weighted by Gasteiger charge is -2.51. The van der Waals surface area contributed by atoms with E-state index in [9.17, 15) is 25.2 Å². The van der Waals surface area contributed by atoms with E-state index in [2.05, 4.69) is 26.8 Å². The first-order valence-corrected chi connectivity index (χ1v) is 23.3. The molecule has 5 fully saturated rings. The molecule has 6 aliphatic heterocycles. The van der Waals surface area contributed by atoms with Crippen molar-refractivity contribution in [3.8, 4) is 0 Å². The van der Waals surface area contributed by atoms with Gasteiger partial charge in [-0.2, -0.15) is 0 Å². The average molecular weight is 891 g/mol. The second kappa shape index (κ2) is 20.4. The molecule has 0 amide bonds. The standard InChI is InChI=1S/C48H74O15/c1-10-25(2)43-28(5)16-17-47(63-43)22-34-19-33(62-47)15-14-27(4)42(60-39-21-37(55-9)44(30(7)58-39)61-38-20-36(54-8)40(50)29(6)57-38)26(3)12-11-13-32-24-56-45-41(51)31(23-49)18-35(46(52)59-34)48(32,45)53/h11-14,18,25-26,28-30,33-45,49-51,53H,10,15-17,19-24H2,1-9H3/b12-11-,27-14-,32-13?/t25-,26-,28-,29-,30-,33+,34-,35-,36-,37-,38-,39-,40-,41+,42-,43+,44-,45+,47+,48+/m0/s1. The second-order valence-corrected chi connectivity index (χ2v) is 19.3. The Morgan fingerprint density at radius 1 is 0.952 bits per heavy atom. The van der Waals surface area contributed by atoms with E-state index in [0.29, 0.717) is 55.9 Å². The Bertz CT molecular complexity index is 1690. The van der Waals surface area contributed by atoms with Crippen LogP contribution in [0.5, 0.6) is 0 Å². The fourth-order valence-corrected chi connectivity index (χ4v) is 11.0. The Labute approximate surface area is 373 Å². The van der Waals surface area contributed by atoms with E-state index in [1.807, 2.05) is 32.9 Å². The number of aliphatic hydroxyl groups is 4. The van der Waals surface area contributed by atoms with Crippen molar-refractivity contribution in [1.29, 1.82) is 0 Å². The lowest BCUT2D eigenvalue weighted by Crippen LogP contribution is -2.59. The summed E-state index contributed by atoms with van der Waals surface area (Å²) in [4.78, 5) is 14.4. The Morgan fingerprint density at radius 3 is 2.38 bits per heavy atom. The van der Waals surface area contributed by atoms with Crippen molar-refractivity contribution < 1.29 is 72.6 Å². The summed E-state index contributed by atoms with van der Waals surface area (Å²) in [6, 6.07) is 0. The molecule has 7 rings (SSSR count). The minimum Gasteiger partial charge on any atom is -0.462 e. The van der Waals surface area contributed by atoms with Gasteiger partial charge in [0.1, 0.15) is 42.0 Å². The highest BCUT2D eigenvalue weighted by molar-refractivity contribution is 5.78. The van der Waals surface area contributed by atoms with Gasteiger partial charge in [0.05, 0.1) is 55.9 Å². The number of aliphatic hydroxyl groups excluding tert-OH is 3. The maximum absolute atomic E-state index is 14.4. The Morgan fingerprint density at radius 2 is 1.67 bits per heavy atom. The lowest BCUT2D eigenvalue weighted by atomic mass is 9.70. The monoisotopic (exact) mass is 891 g/mol. The molecule has 63 heavy (non-hydrogen) atoms. The summed E-state index contributed by atoms with van der Waals surface area (Å²) in [5.74, 6) is -2.48. The molecule has 4 N–H and O–H groups in total. The number of esters is 1. The summed E-state index contributed by atoms with van der Waals surface area (Å²) in [6.07, 6.45) is 5.30. The maximum Gasteiger partial charge on any atom is 0.316 e. The van der Waals surface area contributed by atoms with Crippen molar-refractivity contribution in [3.63, 3.8) is 0 Å². The lowest BCUT2D eigenvalue weighted by molar-refractivity contribution is -0.340.